The molecule has 1 saturated heterocycles. The van der Waals surface area contributed by atoms with Gasteiger partial charge in [-0.3, -0.25) is 14.4 Å². The Hall–Kier alpha value is -3.19. The van der Waals surface area contributed by atoms with Gasteiger partial charge in [-0.15, -0.1) is 0 Å². The zero-order valence-electron chi connectivity index (χ0n) is 14.6. The summed E-state index contributed by atoms with van der Waals surface area (Å²) in [5.41, 5.74) is 2.98. The van der Waals surface area contributed by atoms with Crippen LogP contribution in [0.2, 0.25) is 0 Å². The number of ether oxygens (including phenoxy) is 1. The highest BCUT2D eigenvalue weighted by molar-refractivity contribution is 6.06. The minimum Gasteiger partial charge on any atom is -0.368 e. The maximum absolute atomic E-state index is 12.5. The first-order valence-electron chi connectivity index (χ1n) is 8.85. The first-order chi connectivity index (χ1) is 13.1. The normalized spacial score (nSPS) is 17.9. The van der Waals surface area contributed by atoms with Crippen molar-refractivity contribution in [1.29, 1.82) is 0 Å². The lowest BCUT2D eigenvalue weighted by molar-refractivity contribution is -0.124. The Balaban J connectivity index is 1.45. The predicted molar refractivity (Wildman–Crippen MR) is 99.6 cm³/mol. The van der Waals surface area contributed by atoms with E-state index in [2.05, 4.69) is 16.0 Å². The zero-order chi connectivity index (χ0) is 18.8. The molecule has 2 aromatic rings. The van der Waals surface area contributed by atoms with Crippen LogP contribution < -0.4 is 16.0 Å². The van der Waals surface area contributed by atoms with Gasteiger partial charge < -0.3 is 20.7 Å². The van der Waals surface area contributed by atoms with Gasteiger partial charge in [-0.05, 0) is 48.7 Å². The van der Waals surface area contributed by atoms with Gasteiger partial charge in [0.1, 0.15) is 6.10 Å². The van der Waals surface area contributed by atoms with Crippen LogP contribution >= 0.6 is 0 Å². The first-order valence-corrected chi connectivity index (χ1v) is 8.85. The highest BCUT2D eigenvalue weighted by Crippen LogP contribution is 2.21. The molecule has 2 aliphatic rings. The number of rotatable bonds is 4. The summed E-state index contributed by atoms with van der Waals surface area (Å²) in [4.78, 5) is 36.4. The summed E-state index contributed by atoms with van der Waals surface area (Å²) in [5.74, 6) is -0.656. The number of fused-ring (bicyclic) bond motifs is 1. The number of benzene rings is 2. The Bertz CT molecular complexity index is 919. The molecular weight excluding hydrogens is 346 g/mol. The standard InChI is InChI=1S/C20H19N3O4/c24-18(22-15-7-6-13-11-21-19(25)16(13)10-15)12-3-1-4-14(9-12)23-20(26)17-5-2-8-27-17/h1,3-4,6-7,9-10,17H,2,5,8,11H2,(H,21,25)(H,22,24)(H,23,26)/t17-/m1/s1. The molecule has 0 saturated carbocycles. The highest BCUT2D eigenvalue weighted by Gasteiger charge is 2.24. The van der Waals surface area contributed by atoms with Gasteiger partial charge in [0.05, 0.1) is 0 Å². The van der Waals surface area contributed by atoms with Crippen LogP contribution in [-0.2, 0) is 16.1 Å². The van der Waals surface area contributed by atoms with Gasteiger partial charge in [0.15, 0.2) is 0 Å². The third kappa shape index (κ3) is 3.68. The molecular formula is C20H19N3O4. The fourth-order valence-electron chi connectivity index (χ4n) is 3.24. The third-order valence-electron chi connectivity index (χ3n) is 4.67. The molecule has 0 radical (unpaired) electrons. The number of hydrogen-bond donors (Lipinski definition) is 3. The van der Waals surface area contributed by atoms with Crippen molar-refractivity contribution in [2.45, 2.75) is 25.5 Å². The molecule has 0 aromatic heterocycles. The molecule has 27 heavy (non-hydrogen) atoms. The number of hydrogen-bond acceptors (Lipinski definition) is 4. The Morgan fingerprint density at radius 1 is 1.07 bits per heavy atom. The fourth-order valence-corrected chi connectivity index (χ4v) is 3.24. The summed E-state index contributed by atoms with van der Waals surface area (Å²) in [5, 5.41) is 8.32. The van der Waals surface area contributed by atoms with E-state index in [1.807, 2.05) is 6.07 Å². The van der Waals surface area contributed by atoms with E-state index in [1.54, 1.807) is 36.4 Å². The molecule has 0 bridgehead atoms. The number of anilines is 2. The Morgan fingerprint density at radius 3 is 2.74 bits per heavy atom. The van der Waals surface area contributed by atoms with Crippen molar-refractivity contribution in [2.24, 2.45) is 0 Å². The molecule has 0 aliphatic carbocycles. The van der Waals surface area contributed by atoms with Crippen molar-refractivity contribution in [3.05, 3.63) is 59.2 Å². The van der Waals surface area contributed by atoms with E-state index >= 15 is 0 Å². The first kappa shape index (κ1) is 17.2. The van der Waals surface area contributed by atoms with Crippen LogP contribution in [0.1, 0.15) is 39.1 Å². The average Bonchev–Trinajstić information content (AvgIpc) is 3.33. The van der Waals surface area contributed by atoms with Crippen molar-refractivity contribution >= 4 is 29.1 Å². The van der Waals surface area contributed by atoms with E-state index in [0.717, 1.165) is 12.0 Å². The van der Waals surface area contributed by atoms with Gasteiger partial charge >= 0.3 is 0 Å². The van der Waals surface area contributed by atoms with Crippen LogP contribution in [-0.4, -0.2) is 30.4 Å². The second-order valence-corrected chi connectivity index (χ2v) is 6.58. The molecule has 1 atom stereocenters. The van der Waals surface area contributed by atoms with Crippen molar-refractivity contribution in [3.8, 4) is 0 Å². The average molecular weight is 365 g/mol. The van der Waals surface area contributed by atoms with Gasteiger partial charge in [-0.25, -0.2) is 0 Å². The smallest absolute Gasteiger partial charge is 0.255 e. The molecule has 0 unspecified atom stereocenters. The minimum atomic E-state index is -0.431. The number of carbonyl (C=O) groups is 3. The molecule has 3 amide bonds. The lowest BCUT2D eigenvalue weighted by Gasteiger charge is -2.12. The van der Waals surface area contributed by atoms with Crippen LogP contribution in [0.5, 0.6) is 0 Å². The van der Waals surface area contributed by atoms with Crippen molar-refractivity contribution < 1.29 is 19.1 Å². The maximum atomic E-state index is 12.5. The van der Waals surface area contributed by atoms with Crippen LogP contribution in [0.3, 0.4) is 0 Å². The van der Waals surface area contributed by atoms with E-state index < -0.39 is 6.10 Å². The van der Waals surface area contributed by atoms with E-state index in [4.69, 9.17) is 4.74 Å². The van der Waals surface area contributed by atoms with E-state index in [0.29, 0.717) is 42.1 Å². The SMILES string of the molecule is O=C(Nc1ccc2c(c1)C(=O)NC2)c1cccc(NC(=O)[C@H]2CCCO2)c1. The molecule has 4 rings (SSSR count). The van der Waals surface area contributed by atoms with Crippen molar-refractivity contribution in [3.63, 3.8) is 0 Å². The van der Waals surface area contributed by atoms with E-state index in [9.17, 15) is 14.4 Å². The van der Waals surface area contributed by atoms with E-state index in [-0.39, 0.29) is 17.7 Å². The number of carbonyl (C=O) groups excluding carboxylic acids is 3. The van der Waals surface area contributed by atoms with Crippen LogP contribution in [0.25, 0.3) is 0 Å². The van der Waals surface area contributed by atoms with Crippen molar-refractivity contribution in [1.82, 2.24) is 5.32 Å². The molecule has 138 valence electrons. The van der Waals surface area contributed by atoms with E-state index in [1.165, 1.54) is 0 Å². The summed E-state index contributed by atoms with van der Waals surface area (Å²) < 4.78 is 5.36. The Kier molecular flexibility index (Phi) is 4.60. The van der Waals surface area contributed by atoms with Gasteiger partial charge in [0, 0.05) is 35.7 Å². The highest BCUT2D eigenvalue weighted by atomic mass is 16.5. The molecule has 3 N–H and O–H groups in total. The second-order valence-electron chi connectivity index (χ2n) is 6.58. The number of amides is 3. The molecule has 2 heterocycles. The minimum absolute atomic E-state index is 0.139. The topological polar surface area (TPSA) is 96.5 Å². The van der Waals surface area contributed by atoms with Gasteiger partial charge in [0.2, 0.25) is 0 Å². The Labute approximate surface area is 156 Å². The third-order valence-corrected chi connectivity index (χ3v) is 4.67. The van der Waals surface area contributed by atoms with Gasteiger partial charge in [-0.1, -0.05) is 12.1 Å². The summed E-state index contributed by atoms with van der Waals surface area (Å²) in [6.45, 7) is 1.11. The largest absolute Gasteiger partial charge is 0.368 e. The number of nitrogens with one attached hydrogen (secondary N) is 3. The quantitative estimate of drug-likeness (QED) is 0.775. The van der Waals surface area contributed by atoms with Gasteiger partial charge in [-0.2, -0.15) is 0 Å². The van der Waals surface area contributed by atoms with Gasteiger partial charge in [0.25, 0.3) is 17.7 Å². The van der Waals surface area contributed by atoms with Crippen molar-refractivity contribution in [2.75, 3.05) is 17.2 Å². The molecule has 7 nitrogen and oxygen atoms in total. The molecule has 0 spiro atoms. The zero-order valence-corrected chi connectivity index (χ0v) is 14.6. The predicted octanol–water partition coefficient (Wildman–Crippen LogP) is 2.30. The summed E-state index contributed by atoms with van der Waals surface area (Å²) in [6.07, 6.45) is 1.15. The summed E-state index contributed by atoms with van der Waals surface area (Å²) in [7, 11) is 0. The molecule has 7 heteroatoms. The maximum Gasteiger partial charge on any atom is 0.255 e. The van der Waals surface area contributed by atoms with Crippen LogP contribution in [0, 0.1) is 0 Å². The van der Waals surface area contributed by atoms with Crippen LogP contribution in [0.15, 0.2) is 42.5 Å². The van der Waals surface area contributed by atoms with Crippen LogP contribution in [0.4, 0.5) is 11.4 Å². The molecule has 2 aliphatic heterocycles. The lowest BCUT2D eigenvalue weighted by Crippen LogP contribution is -2.27. The second kappa shape index (κ2) is 7.20. The Morgan fingerprint density at radius 2 is 1.93 bits per heavy atom. The lowest BCUT2D eigenvalue weighted by atomic mass is 10.1. The monoisotopic (exact) mass is 365 g/mol. The summed E-state index contributed by atoms with van der Waals surface area (Å²) >= 11 is 0. The molecule has 1 fully saturated rings. The summed E-state index contributed by atoms with van der Waals surface area (Å²) in [6, 6.07) is 12.0. The fraction of sp³-hybridized carbons (Fsp3) is 0.250. The molecule has 2 aromatic carbocycles.